The fraction of sp³-hybridized carbons (Fsp3) is 0.556. The smallest absolute Gasteiger partial charge is 0.240 e. The van der Waals surface area contributed by atoms with E-state index in [-0.39, 0.29) is 11.8 Å². The molecule has 0 unspecified atom stereocenters. The Bertz CT molecular complexity index is 560. The van der Waals surface area contributed by atoms with Gasteiger partial charge in [-0.05, 0) is 50.6 Å². The molecule has 23 heavy (non-hydrogen) atoms. The zero-order valence-corrected chi connectivity index (χ0v) is 14.5. The lowest BCUT2D eigenvalue weighted by molar-refractivity contribution is -0.134. The van der Waals surface area contributed by atoms with Gasteiger partial charge in [-0.2, -0.15) is 0 Å². The summed E-state index contributed by atoms with van der Waals surface area (Å²) < 4.78 is 0. The van der Waals surface area contributed by atoms with E-state index in [0.717, 1.165) is 12.2 Å². The predicted octanol–water partition coefficient (Wildman–Crippen LogP) is 2.21. The maximum atomic E-state index is 12.5. The number of anilines is 1. The molecule has 1 aliphatic carbocycles. The number of rotatable bonds is 7. The number of carbonyl (C=O) groups excluding carboxylic acids is 2. The van der Waals surface area contributed by atoms with Crippen molar-refractivity contribution < 1.29 is 9.59 Å². The van der Waals surface area contributed by atoms with E-state index < -0.39 is 5.41 Å². The van der Waals surface area contributed by atoms with E-state index >= 15 is 0 Å². The number of nitrogens with one attached hydrogen (secondary N) is 2. The molecule has 1 fully saturated rings. The molecule has 1 aliphatic rings. The van der Waals surface area contributed by atoms with E-state index in [9.17, 15) is 9.59 Å². The van der Waals surface area contributed by atoms with Crippen molar-refractivity contribution >= 4 is 17.5 Å². The summed E-state index contributed by atoms with van der Waals surface area (Å²) in [7, 11) is 3.90. The third-order valence-corrected chi connectivity index (χ3v) is 4.30. The van der Waals surface area contributed by atoms with Gasteiger partial charge in [0.2, 0.25) is 11.8 Å². The molecule has 126 valence electrons. The van der Waals surface area contributed by atoms with Crippen molar-refractivity contribution in [3.8, 4) is 0 Å². The first-order chi connectivity index (χ1) is 10.8. The Balaban J connectivity index is 1.92. The quantitative estimate of drug-likeness (QED) is 0.758. The molecular weight excluding hydrogens is 290 g/mol. The molecular formula is C18H27N3O2. The van der Waals surface area contributed by atoms with E-state index in [0.29, 0.717) is 25.3 Å². The minimum atomic E-state index is -0.872. The SMILES string of the molecule is CC(C)c1ccc(NC(=O)C2(C(=O)NCCN(C)C)CC2)cc1. The summed E-state index contributed by atoms with van der Waals surface area (Å²) in [6.45, 7) is 5.58. The van der Waals surface area contributed by atoms with Crippen molar-refractivity contribution in [1.29, 1.82) is 0 Å². The highest BCUT2D eigenvalue weighted by molar-refractivity contribution is 6.13. The average Bonchev–Trinajstić information content (AvgIpc) is 3.29. The fourth-order valence-corrected chi connectivity index (χ4v) is 2.45. The van der Waals surface area contributed by atoms with Crippen LogP contribution >= 0.6 is 0 Å². The maximum absolute atomic E-state index is 12.5. The van der Waals surface area contributed by atoms with Gasteiger partial charge in [0, 0.05) is 18.8 Å². The number of hydrogen-bond donors (Lipinski definition) is 2. The molecule has 0 heterocycles. The van der Waals surface area contributed by atoms with Crippen molar-refractivity contribution in [2.24, 2.45) is 5.41 Å². The van der Waals surface area contributed by atoms with Gasteiger partial charge < -0.3 is 15.5 Å². The third kappa shape index (κ3) is 4.32. The Hall–Kier alpha value is -1.88. The van der Waals surface area contributed by atoms with Crippen LogP contribution in [0.5, 0.6) is 0 Å². The van der Waals surface area contributed by atoms with Crippen molar-refractivity contribution in [2.75, 3.05) is 32.5 Å². The summed E-state index contributed by atoms with van der Waals surface area (Å²) in [6.07, 6.45) is 1.24. The fourth-order valence-electron chi connectivity index (χ4n) is 2.45. The summed E-state index contributed by atoms with van der Waals surface area (Å²) in [6, 6.07) is 7.81. The first-order valence-electron chi connectivity index (χ1n) is 8.19. The first kappa shape index (κ1) is 17.5. The lowest BCUT2D eigenvalue weighted by atomic mass is 10.0. The molecule has 0 spiro atoms. The molecule has 1 saturated carbocycles. The molecule has 2 amide bonds. The molecule has 5 heteroatoms. The molecule has 0 aromatic heterocycles. The summed E-state index contributed by atoms with van der Waals surface area (Å²) >= 11 is 0. The zero-order chi connectivity index (χ0) is 17.0. The molecule has 0 bridgehead atoms. The third-order valence-electron chi connectivity index (χ3n) is 4.30. The minimum absolute atomic E-state index is 0.157. The van der Waals surface area contributed by atoms with Gasteiger partial charge in [-0.15, -0.1) is 0 Å². The standard InChI is InChI=1S/C18H27N3O2/c1-13(2)14-5-7-15(8-6-14)20-17(23)18(9-10-18)16(22)19-11-12-21(3)4/h5-8,13H,9-12H2,1-4H3,(H,19,22)(H,20,23). The van der Waals surface area contributed by atoms with Gasteiger partial charge in [-0.25, -0.2) is 0 Å². The van der Waals surface area contributed by atoms with Crippen LogP contribution in [0.25, 0.3) is 0 Å². The Morgan fingerprint density at radius 1 is 1.13 bits per heavy atom. The van der Waals surface area contributed by atoms with E-state index in [1.165, 1.54) is 5.56 Å². The molecule has 1 aromatic rings. The Morgan fingerprint density at radius 2 is 1.74 bits per heavy atom. The summed E-state index contributed by atoms with van der Waals surface area (Å²) in [5, 5.41) is 5.75. The van der Waals surface area contributed by atoms with Crippen LogP contribution in [0.2, 0.25) is 0 Å². The molecule has 0 atom stereocenters. The lowest BCUT2D eigenvalue weighted by Crippen LogP contribution is -2.42. The highest BCUT2D eigenvalue weighted by Crippen LogP contribution is 2.46. The molecule has 2 N–H and O–H groups in total. The second-order valence-electron chi connectivity index (χ2n) is 6.87. The van der Waals surface area contributed by atoms with E-state index in [2.05, 4.69) is 24.5 Å². The van der Waals surface area contributed by atoms with Crippen LogP contribution < -0.4 is 10.6 Å². The van der Waals surface area contributed by atoms with Gasteiger partial charge in [-0.1, -0.05) is 26.0 Å². The van der Waals surface area contributed by atoms with E-state index in [1.54, 1.807) is 0 Å². The minimum Gasteiger partial charge on any atom is -0.354 e. The van der Waals surface area contributed by atoms with Crippen molar-refractivity contribution in [3.05, 3.63) is 29.8 Å². The Morgan fingerprint density at radius 3 is 2.22 bits per heavy atom. The van der Waals surface area contributed by atoms with Crippen LogP contribution in [0.15, 0.2) is 24.3 Å². The summed E-state index contributed by atoms with van der Waals surface area (Å²) in [5.74, 6) is 0.102. The van der Waals surface area contributed by atoms with Crippen molar-refractivity contribution in [2.45, 2.75) is 32.6 Å². The Kier molecular flexibility index (Phi) is 5.42. The number of benzene rings is 1. The molecule has 1 aromatic carbocycles. The average molecular weight is 317 g/mol. The van der Waals surface area contributed by atoms with Gasteiger partial charge >= 0.3 is 0 Å². The Labute approximate surface area is 138 Å². The molecule has 0 aliphatic heterocycles. The molecule has 0 radical (unpaired) electrons. The van der Waals surface area contributed by atoms with Crippen LogP contribution in [-0.2, 0) is 9.59 Å². The number of hydrogen-bond acceptors (Lipinski definition) is 3. The van der Waals surface area contributed by atoms with Crippen LogP contribution in [0.4, 0.5) is 5.69 Å². The monoisotopic (exact) mass is 317 g/mol. The van der Waals surface area contributed by atoms with E-state index in [4.69, 9.17) is 0 Å². The largest absolute Gasteiger partial charge is 0.354 e. The number of nitrogens with zero attached hydrogens (tertiary/aromatic N) is 1. The van der Waals surface area contributed by atoms with Crippen molar-refractivity contribution in [1.82, 2.24) is 10.2 Å². The normalized spacial score (nSPS) is 15.6. The molecule has 0 saturated heterocycles. The highest BCUT2D eigenvalue weighted by Gasteiger charge is 2.56. The number of likely N-dealkylation sites (N-methyl/N-ethyl adjacent to an activating group) is 1. The summed E-state index contributed by atoms with van der Waals surface area (Å²) in [4.78, 5) is 26.8. The van der Waals surface area contributed by atoms with Gasteiger partial charge in [0.1, 0.15) is 5.41 Å². The topological polar surface area (TPSA) is 61.4 Å². The predicted molar refractivity (Wildman–Crippen MR) is 92.4 cm³/mol. The van der Waals surface area contributed by atoms with E-state index in [1.807, 2.05) is 43.3 Å². The lowest BCUT2D eigenvalue weighted by Gasteiger charge is -2.17. The second kappa shape index (κ2) is 7.13. The van der Waals surface area contributed by atoms with Gasteiger partial charge in [0.05, 0.1) is 0 Å². The van der Waals surface area contributed by atoms with Crippen LogP contribution in [0, 0.1) is 5.41 Å². The molecule has 5 nitrogen and oxygen atoms in total. The van der Waals surface area contributed by atoms with Gasteiger partial charge in [0.25, 0.3) is 0 Å². The van der Waals surface area contributed by atoms with Crippen LogP contribution in [0.1, 0.15) is 38.2 Å². The van der Waals surface area contributed by atoms with Crippen molar-refractivity contribution in [3.63, 3.8) is 0 Å². The van der Waals surface area contributed by atoms with Gasteiger partial charge in [-0.3, -0.25) is 9.59 Å². The first-order valence-corrected chi connectivity index (χ1v) is 8.19. The maximum Gasteiger partial charge on any atom is 0.240 e. The number of amides is 2. The summed E-state index contributed by atoms with van der Waals surface area (Å²) in [5.41, 5.74) is 1.10. The number of carbonyl (C=O) groups is 2. The van der Waals surface area contributed by atoms with Gasteiger partial charge in [0.15, 0.2) is 0 Å². The van der Waals surface area contributed by atoms with Crippen LogP contribution in [0.3, 0.4) is 0 Å². The molecule has 2 rings (SSSR count). The second-order valence-corrected chi connectivity index (χ2v) is 6.87. The zero-order valence-electron chi connectivity index (χ0n) is 14.5. The highest BCUT2D eigenvalue weighted by atomic mass is 16.2. The van der Waals surface area contributed by atoms with Crippen LogP contribution in [-0.4, -0.2) is 43.9 Å².